The molecule has 2 rings (SSSR count). The first-order chi connectivity index (χ1) is 13.9. The van der Waals surface area contributed by atoms with Crippen molar-refractivity contribution in [3.05, 3.63) is 23.7 Å². The highest BCUT2D eigenvalue weighted by atomic mass is 127. The Balaban J connectivity index is 2.03. The summed E-state index contributed by atoms with van der Waals surface area (Å²) in [6, 6.07) is 0.387. The summed E-state index contributed by atoms with van der Waals surface area (Å²) in [5.74, 6) is 3.05. The Bertz CT molecular complexity index is 776. The summed E-state index contributed by atoms with van der Waals surface area (Å²) >= 11 is 2.13. The van der Waals surface area contributed by atoms with Crippen LogP contribution in [0.1, 0.15) is 39.0 Å². The van der Waals surface area contributed by atoms with Crippen LogP contribution in [-0.4, -0.2) is 64.0 Å². The van der Waals surface area contributed by atoms with E-state index in [1.807, 2.05) is 6.08 Å². The molecule has 0 saturated heterocycles. The number of methoxy groups -OCH3 is 1. The monoisotopic (exact) mass is 535 g/mol. The fourth-order valence-corrected chi connectivity index (χ4v) is 6.52. The van der Waals surface area contributed by atoms with E-state index in [0.717, 1.165) is 43.5 Å². The number of nitrogens with two attached hydrogens (primary N) is 1. The smallest absolute Gasteiger partial charge is 0.140 e. The van der Waals surface area contributed by atoms with Gasteiger partial charge in [-0.3, -0.25) is 0 Å². The van der Waals surface area contributed by atoms with Crippen LogP contribution in [-0.2, 0) is 14.5 Å². The van der Waals surface area contributed by atoms with Crippen LogP contribution in [0.25, 0.3) is 0 Å². The second kappa shape index (κ2) is 12.0. The number of hydrogen-bond acceptors (Lipinski definition) is 7. The summed E-state index contributed by atoms with van der Waals surface area (Å²) in [6.07, 6.45) is 8.75. The Morgan fingerprint density at radius 2 is 2.17 bits per heavy atom. The maximum absolute atomic E-state index is 13.3. The van der Waals surface area contributed by atoms with Crippen molar-refractivity contribution in [2.24, 2.45) is 26.0 Å². The molecule has 0 spiro atoms. The number of ether oxygens (including phenoxy) is 1. The van der Waals surface area contributed by atoms with Gasteiger partial charge in [0.2, 0.25) is 0 Å². The van der Waals surface area contributed by atoms with Gasteiger partial charge in [0.15, 0.2) is 0 Å². The fourth-order valence-electron chi connectivity index (χ4n) is 3.84. The maximum atomic E-state index is 13.3. The van der Waals surface area contributed by atoms with Crippen molar-refractivity contribution < 1.29 is 8.95 Å². The molecule has 2 aliphatic rings. The van der Waals surface area contributed by atoms with E-state index in [9.17, 15) is 4.21 Å². The maximum Gasteiger partial charge on any atom is 0.140 e. The Kier molecular flexibility index (Phi) is 10.1. The fraction of sp³-hybridized carbons (Fsp3) is 0.700. The van der Waals surface area contributed by atoms with Crippen molar-refractivity contribution in [2.75, 3.05) is 38.8 Å². The Morgan fingerprint density at radius 1 is 1.45 bits per heavy atom. The second-order valence-electron chi connectivity index (χ2n) is 7.57. The molecule has 0 amide bonds. The standard InChI is InChI=1S/C20H34IN5O2S/c1-4-10-25-29(27,13-12-28-3)14-16-5-7-17(8-6-16)26(2)20(24-15-21)18-9-11-23-19(18)22/h9,11,15-17H,4-8,10,12-14H2,1-3H3,(H2,22,23)/b20-18+,24-15?. The van der Waals surface area contributed by atoms with E-state index in [2.05, 4.69) is 55.8 Å². The van der Waals surface area contributed by atoms with Gasteiger partial charge in [-0.25, -0.2) is 18.6 Å². The van der Waals surface area contributed by atoms with Crippen LogP contribution in [0.5, 0.6) is 0 Å². The van der Waals surface area contributed by atoms with E-state index in [0.29, 0.717) is 42.5 Å². The Labute approximate surface area is 189 Å². The minimum Gasteiger partial charge on any atom is -0.384 e. The third-order valence-corrected chi connectivity index (χ3v) is 8.22. The average Bonchev–Trinajstić information content (AvgIpc) is 3.14. The molecule has 1 unspecified atom stereocenters. The SMILES string of the molecule is CCCN=S(=O)(CCOC)CC1CCC(N(C)/C(N=CI)=C2\C=CN=C2N)CC1. The summed E-state index contributed by atoms with van der Waals surface area (Å²) in [5.41, 5.74) is 6.90. The summed E-state index contributed by atoms with van der Waals surface area (Å²) in [5, 5.41) is 0. The van der Waals surface area contributed by atoms with Gasteiger partial charge in [-0.05, 0) is 66.7 Å². The van der Waals surface area contributed by atoms with Crippen molar-refractivity contribution in [2.45, 2.75) is 45.1 Å². The number of nitrogens with zero attached hydrogens (tertiary/aromatic N) is 4. The van der Waals surface area contributed by atoms with E-state index in [1.54, 1.807) is 17.5 Å². The van der Waals surface area contributed by atoms with Crippen molar-refractivity contribution in [1.82, 2.24) is 4.90 Å². The van der Waals surface area contributed by atoms with Gasteiger partial charge < -0.3 is 15.4 Å². The lowest BCUT2D eigenvalue weighted by Crippen LogP contribution is -2.37. The van der Waals surface area contributed by atoms with Crippen LogP contribution in [0.3, 0.4) is 0 Å². The minimum atomic E-state index is -2.18. The van der Waals surface area contributed by atoms with Gasteiger partial charge in [0.1, 0.15) is 11.7 Å². The molecule has 1 aliphatic heterocycles. The molecular weight excluding hydrogens is 501 g/mol. The predicted octanol–water partition coefficient (Wildman–Crippen LogP) is 3.56. The van der Waals surface area contributed by atoms with Crippen LogP contribution < -0.4 is 5.73 Å². The molecule has 0 aromatic heterocycles. The summed E-state index contributed by atoms with van der Waals surface area (Å²) in [7, 11) is 1.55. The first-order valence-electron chi connectivity index (χ1n) is 10.2. The lowest BCUT2D eigenvalue weighted by molar-refractivity contribution is 0.205. The van der Waals surface area contributed by atoms with Crippen molar-refractivity contribution in [3.63, 3.8) is 0 Å². The average molecular weight is 535 g/mol. The van der Waals surface area contributed by atoms with Crippen LogP contribution in [0.15, 0.2) is 38.0 Å². The highest BCUT2D eigenvalue weighted by Crippen LogP contribution is 2.31. The molecule has 1 heterocycles. The normalized spacial score (nSPS) is 25.7. The van der Waals surface area contributed by atoms with Crippen LogP contribution in [0, 0.1) is 5.92 Å². The van der Waals surface area contributed by atoms with Gasteiger partial charge in [-0.15, -0.1) is 0 Å². The number of rotatable bonds is 10. The third kappa shape index (κ3) is 7.06. The molecule has 1 aliphatic carbocycles. The van der Waals surface area contributed by atoms with E-state index < -0.39 is 9.73 Å². The molecule has 29 heavy (non-hydrogen) atoms. The summed E-state index contributed by atoms with van der Waals surface area (Å²) < 4.78 is 24.8. The zero-order chi connectivity index (χ0) is 21.3. The number of amidine groups is 1. The predicted molar refractivity (Wildman–Crippen MR) is 131 cm³/mol. The van der Waals surface area contributed by atoms with Crippen LogP contribution in [0.2, 0.25) is 0 Å². The molecular formula is C20H34IN5O2S. The molecule has 0 bridgehead atoms. The Morgan fingerprint density at radius 3 is 2.72 bits per heavy atom. The lowest BCUT2D eigenvalue weighted by atomic mass is 9.86. The molecule has 1 fully saturated rings. The number of aliphatic imine (C=N–C) groups is 2. The zero-order valence-corrected chi connectivity index (χ0v) is 20.7. The zero-order valence-electron chi connectivity index (χ0n) is 17.7. The van der Waals surface area contributed by atoms with E-state index in [1.165, 1.54) is 0 Å². The highest BCUT2D eigenvalue weighted by molar-refractivity contribution is 14.1. The molecule has 0 aromatic rings. The van der Waals surface area contributed by atoms with Gasteiger partial charge in [-0.1, -0.05) is 6.92 Å². The molecule has 164 valence electrons. The van der Waals surface area contributed by atoms with Crippen LogP contribution in [0.4, 0.5) is 0 Å². The van der Waals surface area contributed by atoms with Gasteiger partial charge in [0.05, 0.1) is 22.2 Å². The van der Waals surface area contributed by atoms with E-state index in [-0.39, 0.29) is 0 Å². The van der Waals surface area contributed by atoms with Crippen molar-refractivity contribution >= 4 is 42.4 Å². The second-order valence-corrected chi connectivity index (χ2v) is 10.7. The van der Waals surface area contributed by atoms with Gasteiger partial charge in [0, 0.05) is 48.4 Å². The molecule has 2 N–H and O–H groups in total. The summed E-state index contributed by atoms with van der Waals surface area (Å²) in [4.78, 5) is 10.9. The van der Waals surface area contributed by atoms with Crippen LogP contribution >= 0.6 is 22.6 Å². The molecule has 9 heteroatoms. The van der Waals surface area contributed by atoms with Crippen molar-refractivity contribution in [3.8, 4) is 0 Å². The van der Waals surface area contributed by atoms with Gasteiger partial charge in [-0.2, -0.15) is 0 Å². The number of halogens is 1. The molecule has 0 radical (unpaired) electrons. The largest absolute Gasteiger partial charge is 0.384 e. The third-order valence-electron chi connectivity index (χ3n) is 5.49. The quantitative estimate of drug-likeness (QED) is 0.342. The topological polar surface area (TPSA) is 92.6 Å². The molecule has 0 aromatic carbocycles. The first kappa shape index (κ1) is 24.3. The lowest BCUT2D eigenvalue weighted by Gasteiger charge is -2.36. The summed E-state index contributed by atoms with van der Waals surface area (Å²) in [6.45, 7) is 3.25. The molecule has 1 atom stereocenters. The molecule has 7 nitrogen and oxygen atoms in total. The van der Waals surface area contributed by atoms with Gasteiger partial charge in [0.25, 0.3) is 0 Å². The van der Waals surface area contributed by atoms with E-state index >= 15 is 0 Å². The minimum absolute atomic E-state index is 0.387. The molecule has 1 saturated carbocycles. The Hall–Kier alpha value is -0.940. The highest BCUT2D eigenvalue weighted by Gasteiger charge is 2.29. The first-order valence-corrected chi connectivity index (χ1v) is 13.3. The van der Waals surface area contributed by atoms with E-state index in [4.69, 9.17) is 10.5 Å². The number of hydrogen-bond donors (Lipinski definition) is 1. The van der Waals surface area contributed by atoms with Crippen molar-refractivity contribution in [1.29, 1.82) is 0 Å². The van der Waals surface area contributed by atoms with Gasteiger partial charge >= 0.3 is 0 Å².